The summed E-state index contributed by atoms with van der Waals surface area (Å²) < 4.78 is 17.8. The lowest BCUT2D eigenvalue weighted by Gasteiger charge is -2.18. The number of rotatable bonds is 9. The van der Waals surface area contributed by atoms with Gasteiger partial charge in [-0.1, -0.05) is 6.58 Å². The molecule has 148 valence electrons. The second-order valence-electron chi connectivity index (χ2n) is 6.58. The fourth-order valence-electron chi connectivity index (χ4n) is 2.49. The largest absolute Gasteiger partial charge is 0.455 e. The monoisotopic (exact) mass is 383 g/mol. The first-order valence-electron chi connectivity index (χ1n) is 8.46. The van der Waals surface area contributed by atoms with Gasteiger partial charge in [0, 0.05) is 5.57 Å². The lowest BCUT2D eigenvalue weighted by atomic mass is 10.3. The standard InChI is InChI=1S/C16H21N3O8/c1-9(2)13(21)27-10(6-20)3-17-14(22)18(4-11-7-25-11)16(24)19(15(17)23)5-12-8-26-12/h10-12,20H,1,3-8H2,2H3. The SMILES string of the molecule is C=C(C)C(=O)OC(CO)Cn1c(=O)n(CC2CO2)c(=O)n(CC2CO2)c1=O. The van der Waals surface area contributed by atoms with E-state index in [0.717, 1.165) is 13.7 Å². The minimum atomic E-state index is -1.15. The maximum Gasteiger partial charge on any atom is 0.336 e. The highest BCUT2D eigenvalue weighted by atomic mass is 16.6. The molecule has 0 aromatic carbocycles. The fraction of sp³-hybridized carbons (Fsp3) is 0.625. The van der Waals surface area contributed by atoms with E-state index in [-0.39, 0.29) is 30.9 Å². The Morgan fingerprint density at radius 2 is 1.56 bits per heavy atom. The molecule has 0 aliphatic carbocycles. The Morgan fingerprint density at radius 1 is 1.11 bits per heavy atom. The first kappa shape index (κ1) is 19.3. The number of carbonyl (C=O) groups is 1. The van der Waals surface area contributed by atoms with Crippen LogP contribution < -0.4 is 17.1 Å². The zero-order valence-electron chi connectivity index (χ0n) is 14.8. The van der Waals surface area contributed by atoms with Crippen molar-refractivity contribution in [3.05, 3.63) is 43.6 Å². The molecule has 3 atom stereocenters. The minimum absolute atomic E-state index is 0.0127. The summed E-state index contributed by atoms with van der Waals surface area (Å²) >= 11 is 0. The van der Waals surface area contributed by atoms with E-state index >= 15 is 0 Å². The third-order valence-electron chi connectivity index (χ3n) is 4.17. The molecule has 11 nitrogen and oxygen atoms in total. The molecule has 0 bridgehead atoms. The molecule has 0 radical (unpaired) electrons. The molecule has 1 aromatic rings. The number of esters is 1. The lowest BCUT2D eigenvalue weighted by molar-refractivity contribution is -0.147. The molecular weight excluding hydrogens is 362 g/mol. The van der Waals surface area contributed by atoms with Crippen molar-refractivity contribution in [2.24, 2.45) is 0 Å². The van der Waals surface area contributed by atoms with Crippen molar-refractivity contribution in [3.8, 4) is 0 Å². The van der Waals surface area contributed by atoms with E-state index in [0.29, 0.717) is 13.2 Å². The summed E-state index contributed by atoms with van der Waals surface area (Å²) in [7, 11) is 0. The molecule has 11 heteroatoms. The van der Waals surface area contributed by atoms with Crippen molar-refractivity contribution in [1.29, 1.82) is 0 Å². The van der Waals surface area contributed by atoms with Crippen LogP contribution in [-0.4, -0.2) is 62.9 Å². The van der Waals surface area contributed by atoms with Gasteiger partial charge in [-0.2, -0.15) is 0 Å². The Hall–Kier alpha value is -2.50. The normalized spacial score (nSPS) is 21.6. The molecule has 2 saturated heterocycles. The molecule has 3 heterocycles. The Balaban J connectivity index is 1.97. The van der Waals surface area contributed by atoms with E-state index in [9.17, 15) is 24.3 Å². The number of carbonyl (C=O) groups excluding carboxylic acids is 1. The van der Waals surface area contributed by atoms with Crippen LogP contribution in [0.2, 0.25) is 0 Å². The van der Waals surface area contributed by atoms with Crippen molar-refractivity contribution >= 4 is 5.97 Å². The molecule has 0 amide bonds. The predicted octanol–water partition coefficient (Wildman–Crippen LogP) is -2.55. The number of aromatic nitrogens is 3. The van der Waals surface area contributed by atoms with Crippen LogP contribution in [0, 0.1) is 0 Å². The minimum Gasteiger partial charge on any atom is -0.455 e. The number of aliphatic hydroxyl groups is 1. The summed E-state index contributed by atoms with van der Waals surface area (Å²) in [5.74, 6) is -0.756. The Labute approximate surface area is 153 Å². The molecule has 0 spiro atoms. The summed E-state index contributed by atoms with van der Waals surface area (Å²) in [6.07, 6.45) is -1.67. The summed E-state index contributed by atoms with van der Waals surface area (Å²) in [6, 6.07) is 0. The average molecular weight is 383 g/mol. The van der Waals surface area contributed by atoms with Crippen LogP contribution in [0.4, 0.5) is 0 Å². The highest BCUT2D eigenvalue weighted by Gasteiger charge is 2.30. The van der Waals surface area contributed by atoms with E-state index in [4.69, 9.17) is 14.2 Å². The third-order valence-corrected chi connectivity index (χ3v) is 4.17. The zero-order chi connectivity index (χ0) is 19.7. The van der Waals surface area contributed by atoms with Crippen molar-refractivity contribution in [3.63, 3.8) is 0 Å². The van der Waals surface area contributed by atoms with Gasteiger partial charge in [-0.25, -0.2) is 32.9 Å². The maximum absolute atomic E-state index is 12.7. The summed E-state index contributed by atoms with van der Waals surface area (Å²) in [6.45, 7) is 4.73. The average Bonchev–Trinajstić information content (AvgIpc) is 3.53. The van der Waals surface area contributed by atoms with Crippen LogP contribution in [0.25, 0.3) is 0 Å². The van der Waals surface area contributed by atoms with Gasteiger partial charge >= 0.3 is 23.0 Å². The number of aliphatic hydroxyl groups excluding tert-OH is 1. The van der Waals surface area contributed by atoms with E-state index in [1.165, 1.54) is 6.92 Å². The van der Waals surface area contributed by atoms with Crippen molar-refractivity contribution in [1.82, 2.24) is 13.7 Å². The molecule has 2 fully saturated rings. The van der Waals surface area contributed by atoms with Crippen LogP contribution in [0.1, 0.15) is 6.92 Å². The van der Waals surface area contributed by atoms with Gasteiger partial charge in [-0.3, -0.25) is 0 Å². The maximum atomic E-state index is 12.7. The smallest absolute Gasteiger partial charge is 0.336 e. The lowest BCUT2D eigenvalue weighted by Crippen LogP contribution is -2.56. The van der Waals surface area contributed by atoms with Crippen molar-refractivity contribution < 1.29 is 24.1 Å². The molecule has 1 aromatic heterocycles. The van der Waals surface area contributed by atoms with Gasteiger partial charge in [0.2, 0.25) is 0 Å². The van der Waals surface area contributed by atoms with Gasteiger partial charge in [0.25, 0.3) is 0 Å². The number of epoxide rings is 2. The Morgan fingerprint density at radius 3 is 1.93 bits per heavy atom. The molecule has 3 rings (SSSR count). The van der Waals surface area contributed by atoms with E-state index in [2.05, 4.69) is 6.58 Å². The van der Waals surface area contributed by atoms with Crippen LogP contribution in [0.15, 0.2) is 26.5 Å². The molecule has 0 saturated carbocycles. The molecule has 3 unspecified atom stereocenters. The molecule has 2 aliphatic heterocycles. The summed E-state index contributed by atoms with van der Waals surface area (Å²) in [5, 5.41) is 9.46. The number of nitrogens with zero attached hydrogens (tertiary/aromatic N) is 3. The van der Waals surface area contributed by atoms with Crippen LogP contribution in [0.3, 0.4) is 0 Å². The first-order chi connectivity index (χ1) is 12.8. The quantitative estimate of drug-likeness (QED) is 0.279. The summed E-state index contributed by atoms with van der Waals surface area (Å²) in [4.78, 5) is 49.6. The van der Waals surface area contributed by atoms with Gasteiger partial charge in [-0.15, -0.1) is 0 Å². The number of hydrogen-bond acceptors (Lipinski definition) is 8. The predicted molar refractivity (Wildman–Crippen MR) is 90.5 cm³/mol. The summed E-state index contributed by atoms with van der Waals surface area (Å²) in [5.41, 5.74) is -2.33. The van der Waals surface area contributed by atoms with Crippen molar-refractivity contribution in [2.75, 3.05) is 19.8 Å². The molecule has 2 aliphatic rings. The second kappa shape index (κ2) is 7.62. The Bertz CT molecular complexity index is 867. The number of hydrogen-bond donors (Lipinski definition) is 1. The Kier molecular flexibility index (Phi) is 5.44. The highest BCUT2D eigenvalue weighted by Crippen LogP contribution is 2.10. The second-order valence-corrected chi connectivity index (χ2v) is 6.58. The van der Waals surface area contributed by atoms with E-state index in [1.807, 2.05) is 0 Å². The molecule has 1 N–H and O–H groups in total. The highest BCUT2D eigenvalue weighted by molar-refractivity contribution is 5.87. The topological polar surface area (TPSA) is 138 Å². The van der Waals surface area contributed by atoms with E-state index < -0.39 is 42.3 Å². The fourth-order valence-corrected chi connectivity index (χ4v) is 2.49. The first-order valence-corrected chi connectivity index (χ1v) is 8.46. The van der Waals surface area contributed by atoms with Crippen LogP contribution in [-0.2, 0) is 38.6 Å². The van der Waals surface area contributed by atoms with Gasteiger partial charge in [0.15, 0.2) is 0 Å². The van der Waals surface area contributed by atoms with Crippen LogP contribution in [0.5, 0.6) is 0 Å². The molecular formula is C16H21N3O8. The van der Waals surface area contributed by atoms with Gasteiger partial charge < -0.3 is 19.3 Å². The zero-order valence-corrected chi connectivity index (χ0v) is 14.8. The third kappa shape index (κ3) is 4.43. The van der Waals surface area contributed by atoms with E-state index in [1.54, 1.807) is 0 Å². The van der Waals surface area contributed by atoms with Crippen LogP contribution >= 0.6 is 0 Å². The number of ether oxygens (including phenoxy) is 3. The molecule has 27 heavy (non-hydrogen) atoms. The van der Waals surface area contributed by atoms with Gasteiger partial charge in [0.05, 0.1) is 51.7 Å². The van der Waals surface area contributed by atoms with Crippen molar-refractivity contribution in [2.45, 2.75) is 44.9 Å². The van der Waals surface area contributed by atoms with Gasteiger partial charge in [-0.05, 0) is 6.92 Å². The van der Waals surface area contributed by atoms with Gasteiger partial charge in [0.1, 0.15) is 6.10 Å².